The summed E-state index contributed by atoms with van der Waals surface area (Å²) in [7, 11) is 1.78. The molecule has 1 fully saturated rings. The smallest absolute Gasteiger partial charge is 0.0538 e. The van der Waals surface area contributed by atoms with Gasteiger partial charge >= 0.3 is 0 Å². The molecular weight excluding hydrogens is 294 g/mol. The SMILES string of the molecule is COCC1(CNc2cncc(Br)c2)CCNCC1. The standard InChI is InChI=1S/C13H20BrN3O/c1-18-10-13(2-4-15-5-3-13)9-17-12-6-11(14)7-16-8-12/h6-8,15,17H,2-5,9-10H2,1H3. The van der Waals surface area contributed by atoms with Crippen LogP contribution in [0.1, 0.15) is 12.8 Å². The van der Waals surface area contributed by atoms with Crippen molar-refractivity contribution >= 4 is 21.6 Å². The summed E-state index contributed by atoms with van der Waals surface area (Å²) in [5.41, 5.74) is 1.29. The molecule has 1 saturated heterocycles. The van der Waals surface area contributed by atoms with Crippen LogP contribution in [0.3, 0.4) is 0 Å². The molecule has 2 rings (SSSR count). The molecule has 0 spiro atoms. The fraction of sp³-hybridized carbons (Fsp3) is 0.615. The monoisotopic (exact) mass is 313 g/mol. The van der Waals surface area contributed by atoms with Gasteiger partial charge in [-0.05, 0) is 47.9 Å². The van der Waals surface area contributed by atoms with Crippen molar-refractivity contribution in [3.05, 3.63) is 22.9 Å². The van der Waals surface area contributed by atoms with Crippen LogP contribution in [0.15, 0.2) is 22.9 Å². The van der Waals surface area contributed by atoms with Crippen LogP contribution >= 0.6 is 15.9 Å². The summed E-state index contributed by atoms with van der Waals surface area (Å²) in [5, 5.41) is 6.88. The molecule has 0 atom stereocenters. The third-order valence-corrected chi connectivity index (χ3v) is 3.92. The summed E-state index contributed by atoms with van der Waals surface area (Å²) < 4.78 is 6.40. The highest BCUT2D eigenvalue weighted by Gasteiger charge is 2.31. The lowest BCUT2D eigenvalue weighted by Crippen LogP contribution is -2.44. The Morgan fingerprint density at radius 3 is 2.89 bits per heavy atom. The van der Waals surface area contributed by atoms with Crippen LogP contribution < -0.4 is 10.6 Å². The van der Waals surface area contributed by atoms with E-state index < -0.39 is 0 Å². The molecule has 0 radical (unpaired) electrons. The first kappa shape index (κ1) is 13.8. The highest BCUT2D eigenvalue weighted by Crippen LogP contribution is 2.29. The number of nitrogens with one attached hydrogen (secondary N) is 2. The lowest BCUT2D eigenvalue weighted by molar-refractivity contribution is 0.0636. The Morgan fingerprint density at radius 1 is 1.44 bits per heavy atom. The fourth-order valence-electron chi connectivity index (χ4n) is 2.43. The molecule has 5 heteroatoms. The van der Waals surface area contributed by atoms with Crippen LogP contribution in [0.2, 0.25) is 0 Å². The molecule has 0 bridgehead atoms. The lowest BCUT2D eigenvalue weighted by atomic mass is 9.79. The zero-order valence-electron chi connectivity index (χ0n) is 10.7. The van der Waals surface area contributed by atoms with Crippen molar-refractivity contribution < 1.29 is 4.74 Å². The van der Waals surface area contributed by atoms with Gasteiger partial charge in [0.1, 0.15) is 0 Å². The van der Waals surface area contributed by atoms with Gasteiger partial charge in [0.05, 0.1) is 18.5 Å². The number of nitrogens with zero attached hydrogens (tertiary/aromatic N) is 1. The van der Waals surface area contributed by atoms with E-state index in [0.717, 1.165) is 49.2 Å². The number of hydrogen-bond acceptors (Lipinski definition) is 4. The molecule has 1 aliphatic heterocycles. The van der Waals surface area contributed by atoms with E-state index in [1.54, 1.807) is 13.3 Å². The van der Waals surface area contributed by atoms with Gasteiger partial charge in [-0.25, -0.2) is 0 Å². The minimum atomic E-state index is 0.238. The van der Waals surface area contributed by atoms with E-state index in [-0.39, 0.29) is 5.41 Å². The van der Waals surface area contributed by atoms with Gasteiger partial charge in [0.25, 0.3) is 0 Å². The molecule has 18 heavy (non-hydrogen) atoms. The van der Waals surface area contributed by atoms with Gasteiger partial charge in [0, 0.05) is 29.7 Å². The number of rotatable bonds is 5. The number of pyridine rings is 1. The van der Waals surface area contributed by atoms with Crippen molar-refractivity contribution in [3.8, 4) is 0 Å². The molecular formula is C13H20BrN3O. The van der Waals surface area contributed by atoms with Gasteiger partial charge in [-0.3, -0.25) is 4.98 Å². The summed E-state index contributed by atoms with van der Waals surface area (Å²) in [5.74, 6) is 0. The third-order valence-electron chi connectivity index (χ3n) is 3.49. The number of hydrogen-bond donors (Lipinski definition) is 2. The van der Waals surface area contributed by atoms with Gasteiger partial charge < -0.3 is 15.4 Å². The van der Waals surface area contributed by atoms with Gasteiger partial charge in [0.2, 0.25) is 0 Å². The molecule has 2 heterocycles. The van der Waals surface area contributed by atoms with Crippen molar-refractivity contribution in [2.45, 2.75) is 12.8 Å². The second-order valence-electron chi connectivity index (χ2n) is 4.93. The molecule has 1 aliphatic rings. The van der Waals surface area contributed by atoms with Crippen LogP contribution in [-0.2, 0) is 4.74 Å². The summed E-state index contributed by atoms with van der Waals surface area (Å²) in [6, 6.07) is 2.05. The average molecular weight is 314 g/mol. The minimum Gasteiger partial charge on any atom is -0.384 e. The molecule has 0 aliphatic carbocycles. The zero-order valence-corrected chi connectivity index (χ0v) is 12.3. The van der Waals surface area contributed by atoms with Crippen LogP contribution in [-0.4, -0.2) is 38.3 Å². The Balaban J connectivity index is 1.96. The van der Waals surface area contributed by atoms with E-state index in [1.165, 1.54) is 0 Å². The Bertz CT molecular complexity index is 375. The number of ether oxygens (including phenoxy) is 1. The third kappa shape index (κ3) is 3.67. The first-order valence-electron chi connectivity index (χ1n) is 6.28. The Hall–Kier alpha value is -0.650. The normalized spacial score (nSPS) is 18.6. The predicted octanol–water partition coefficient (Wildman–Crippen LogP) is 2.27. The zero-order chi connectivity index (χ0) is 12.8. The molecule has 2 N–H and O–H groups in total. The van der Waals surface area contributed by atoms with Crippen molar-refractivity contribution in [1.29, 1.82) is 0 Å². The highest BCUT2D eigenvalue weighted by molar-refractivity contribution is 9.10. The van der Waals surface area contributed by atoms with Crippen molar-refractivity contribution in [1.82, 2.24) is 10.3 Å². The molecule has 4 nitrogen and oxygen atoms in total. The van der Waals surface area contributed by atoms with E-state index in [2.05, 4.69) is 37.6 Å². The van der Waals surface area contributed by atoms with E-state index in [0.29, 0.717) is 0 Å². The van der Waals surface area contributed by atoms with Crippen LogP contribution in [0, 0.1) is 5.41 Å². The van der Waals surface area contributed by atoms with Crippen LogP contribution in [0.5, 0.6) is 0 Å². The summed E-state index contributed by atoms with van der Waals surface area (Å²) in [6.45, 7) is 3.88. The largest absolute Gasteiger partial charge is 0.384 e. The van der Waals surface area contributed by atoms with Gasteiger partial charge in [-0.1, -0.05) is 0 Å². The molecule has 0 aromatic carbocycles. The molecule has 100 valence electrons. The quantitative estimate of drug-likeness (QED) is 0.875. The predicted molar refractivity (Wildman–Crippen MR) is 76.8 cm³/mol. The highest BCUT2D eigenvalue weighted by atomic mass is 79.9. The number of anilines is 1. The van der Waals surface area contributed by atoms with Crippen molar-refractivity contribution in [2.24, 2.45) is 5.41 Å². The summed E-state index contributed by atoms with van der Waals surface area (Å²) in [6.07, 6.45) is 5.94. The Morgan fingerprint density at radius 2 is 2.22 bits per heavy atom. The van der Waals surface area contributed by atoms with Crippen LogP contribution in [0.4, 0.5) is 5.69 Å². The molecule has 1 aromatic heterocycles. The summed E-state index contributed by atoms with van der Waals surface area (Å²) in [4.78, 5) is 4.16. The average Bonchev–Trinajstić information content (AvgIpc) is 2.38. The number of methoxy groups -OCH3 is 1. The van der Waals surface area contributed by atoms with Gasteiger partial charge in [-0.15, -0.1) is 0 Å². The number of halogens is 1. The number of piperidine rings is 1. The van der Waals surface area contributed by atoms with E-state index in [4.69, 9.17) is 4.74 Å². The van der Waals surface area contributed by atoms with Crippen molar-refractivity contribution in [3.63, 3.8) is 0 Å². The molecule has 0 unspecified atom stereocenters. The van der Waals surface area contributed by atoms with E-state index in [1.807, 2.05) is 6.20 Å². The minimum absolute atomic E-state index is 0.238. The van der Waals surface area contributed by atoms with Crippen LogP contribution in [0.25, 0.3) is 0 Å². The van der Waals surface area contributed by atoms with Crippen molar-refractivity contribution in [2.75, 3.05) is 38.7 Å². The second-order valence-corrected chi connectivity index (χ2v) is 5.84. The van der Waals surface area contributed by atoms with Gasteiger partial charge in [-0.2, -0.15) is 0 Å². The maximum absolute atomic E-state index is 5.40. The number of aromatic nitrogens is 1. The van der Waals surface area contributed by atoms with E-state index >= 15 is 0 Å². The molecule has 0 amide bonds. The maximum Gasteiger partial charge on any atom is 0.0538 e. The molecule has 0 saturated carbocycles. The first-order valence-corrected chi connectivity index (χ1v) is 7.07. The Kier molecular flexibility index (Phi) is 4.97. The fourth-order valence-corrected chi connectivity index (χ4v) is 2.80. The topological polar surface area (TPSA) is 46.2 Å². The maximum atomic E-state index is 5.40. The second kappa shape index (κ2) is 6.50. The lowest BCUT2D eigenvalue weighted by Gasteiger charge is -2.37. The summed E-state index contributed by atoms with van der Waals surface area (Å²) >= 11 is 3.44. The first-order chi connectivity index (χ1) is 8.74. The van der Waals surface area contributed by atoms with E-state index in [9.17, 15) is 0 Å². The van der Waals surface area contributed by atoms with Gasteiger partial charge in [0.15, 0.2) is 0 Å². The Labute approximate surface area is 117 Å². The molecule has 1 aromatic rings.